The average molecular weight is 477 g/mol. The Balaban J connectivity index is 1.17. The predicted octanol–water partition coefficient (Wildman–Crippen LogP) is 3.98. The zero-order chi connectivity index (χ0) is 24.7. The Morgan fingerprint density at radius 1 is 1.03 bits per heavy atom. The van der Waals surface area contributed by atoms with E-state index < -0.39 is 12.1 Å². The molecule has 3 aliphatic rings. The van der Waals surface area contributed by atoms with Gasteiger partial charge in [0.25, 0.3) is 0 Å². The Labute approximate surface area is 205 Å². The molecule has 7 heteroatoms. The second-order valence-corrected chi connectivity index (χ2v) is 10.3. The number of fused-ring (bicyclic) bond motifs is 4. The Morgan fingerprint density at radius 2 is 1.66 bits per heavy atom. The normalized spacial score (nSPS) is 23.2. The van der Waals surface area contributed by atoms with Crippen LogP contribution in [0.15, 0.2) is 48.5 Å². The van der Waals surface area contributed by atoms with Crippen LogP contribution in [0.25, 0.3) is 11.1 Å². The van der Waals surface area contributed by atoms with Crippen LogP contribution in [0.3, 0.4) is 0 Å². The monoisotopic (exact) mass is 476 g/mol. The smallest absolute Gasteiger partial charge is 0.407 e. The number of alkyl carbamates (subject to hydrolysis) is 1. The van der Waals surface area contributed by atoms with Gasteiger partial charge >= 0.3 is 12.1 Å². The van der Waals surface area contributed by atoms with Crippen molar-refractivity contribution >= 4 is 18.0 Å². The minimum Gasteiger partial charge on any atom is -0.481 e. The molecule has 2 aliphatic carbocycles. The van der Waals surface area contributed by atoms with E-state index in [4.69, 9.17) is 4.74 Å². The van der Waals surface area contributed by atoms with Crippen LogP contribution in [-0.4, -0.2) is 54.2 Å². The van der Waals surface area contributed by atoms with Crippen LogP contribution in [-0.2, 0) is 14.3 Å². The third-order valence-electron chi connectivity index (χ3n) is 8.02. The molecule has 5 rings (SSSR count). The first kappa shape index (κ1) is 23.4. The van der Waals surface area contributed by atoms with Gasteiger partial charge in [-0.2, -0.15) is 0 Å². The van der Waals surface area contributed by atoms with Crippen molar-refractivity contribution in [1.29, 1.82) is 0 Å². The van der Waals surface area contributed by atoms with Gasteiger partial charge in [-0.15, -0.1) is 0 Å². The molecular formula is C28H32N2O5. The number of carboxylic acids is 1. The molecular weight excluding hydrogens is 444 g/mol. The maximum atomic E-state index is 13.2. The summed E-state index contributed by atoms with van der Waals surface area (Å²) in [5, 5.41) is 12.1. The van der Waals surface area contributed by atoms with Gasteiger partial charge < -0.3 is 20.1 Å². The van der Waals surface area contributed by atoms with Gasteiger partial charge in [0.05, 0.1) is 11.8 Å². The fraction of sp³-hybridized carbons (Fsp3) is 0.464. The largest absolute Gasteiger partial charge is 0.481 e. The van der Waals surface area contributed by atoms with E-state index >= 15 is 0 Å². The third kappa shape index (κ3) is 4.40. The van der Waals surface area contributed by atoms with E-state index in [1.54, 1.807) is 4.90 Å². The highest BCUT2D eigenvalue weighted by Gasteiger charge is 2.57. The number of nitrogens with zero attached hydrogens (tertiary/aromatic N) is 1. The van der Waals surface area contributed by atoms with Crippen LogP contribution in [0, 0.1) is 29.6 Å². The number of benzene rings is 2. The second-order valence-electron chi connectivity index (χ2n) is 10.3. The van der Waals surface area contributed by atoms with E-state index in [1.165, 1.54) is 11.1 Å². The number of rotatable bonds is 7. The zero-order valence-electron chi connectivity index (χ0n) is 20.1. The molecule has 2 N–H and O–H groups in total. The lowest BCUT2D eigenvalue weighted by molar-refractivity contribution is -0.140. The number of piperidine rings is 1. The molecule has 7 nitrogen and oxygen atoms in total. The molecule has 0 aromatic heterocycles. The van der Waals surface area contributed by atoms with Crippen LogP contribution < -0.4 is 5.32 Å². The number of carbonyl (C=O) groups is 3. The molecule has 2 aromatic rings. The maximum absolute atomic E-state index is 13.2. The van der Waals surface area contributed by atoms with E-state index in [0.29, 0.717) is 13.1 Å². The van der Waals surface area contributed by atoms with Crippen LogP contribution in [0.1, 0.15) is 37.3 Å². The Hall–Kier alpha value is -3.35. The summed E-state index contributed by atoms with van der Waals surface area (Å²) >= 11 is 0. The molecule has 0 spiro atoms. The highest BCUT2D eigenvalue weighted by Crippen LogP contribution is 2.52. The molecule has 1 saturated heterocycles. The lowest BCUT2D eigenvalue weighted by Gasteiger charge is -2.31. The summed E-state index contributed by atoms with van der Waals surface area (Å²) in [6.45, 7) is 5.43. The summed E-state index contributed by atoms with van der Waals surface area (Å²) in [4.78, 5) is 39.0. The van der Waals surface area contributed by atoms with E-state index in [9.17, 15) is 19.5 Å². The number of carbonyl (C=O) groups excluding carboxylic acids is 2. The van der Waals surface area contributed by atoms with Crippen molar-refractivity contribution in [1.82, 2.24) is 10.2 Å². The topological polar surface area (TPSA) is 95.9 Å². The Morgan fingerprint density at radius 3 is 2.26 bits per heavy atom. The first-order chi connectivity index (χ1) is 16.9. The fourth-order valence-electron chi connectivity index (χ4n) is 5.99. The summed E-state index contributed by atoms with van der Waals surface area (Å²) in [6, 6.07) is 16.4. The number of hydrogen-bond donors (Lipinski definition) is 2. The van der Waals surface area contributed by atoms with Crippen molar-refractivity contribution in [3.8, 4) is 11.1 Å². The zero-order valence-corrected chi connectivity index (χ0v) is 20.1. The lowest BCUT2D eigenvalue weighted by Crippen LogP contribution is -2.46. The van der Waals surface area contributed by atoms with E-state index in [-0.39, 0.29) is 54.6 Å². The molecule has 184 valence electrons. The van der Waals surface area contributed by atoms with Crippen molar-refractivity contribution in [2.45, 2.75) is 26.2 Å². The second kappa shape index (κ2) is 9.36. The number of ether oxygens (including phenoxy) is 1. The molecule has 1 aliphatic heterocycles. The van der Waals surface area contributed by atoms with E-state index in [2.05, 4.69) is 29.6 Å². The van der Waals surface area contributed by atoms with Gasteiger partial charge in [0.2, 0.25) is 5.91 Å². The van der Waals surface area contributed by atoms with E-state index in [1.807, 2.05) is 38.1 Å². The van der Waals surface area contributed by atoms with Crippen LogP contribution >= 0.6 is 0 Å². The number of carboxylic acid groups (broad SMARTS) is 1. The predicted molar refractivity (Wildman–Crippen MR) is 131 cm³/mol. The van der Waals surface area contributed by atoms with Gasteiger partial charge in [-0.25, -0.2) is 4.79 Å². The van der Waals surface area contributed by atoms with E-state index in [0.717, 1.165) is 17.5 Å². The van der Waals surface area contributed by atoms with Crippen molar-refractivity contribution < 1.29 is 24.2 Å². The summed E-state index contributed by atoms with van der Waals surface area (Å²) < 4.78 is 5.62. The lowest BCUT2D eigenvalue weighted by atomic mass is 9.93. The standard InChI is InChI=1S/C28H32N2O5/c1-16(2)22(26(31)30-12-11-21-23(14-30)25(21)27(32)33)13-29-28(34)35-15-24-19-9-5-3-7-17(19)18-8-4-6-10-20(18)24/h3-10,16,21-25H,11-15H2,1-2H3,(H,29,34)(H,32,33)/t21-,22?,23+,25?/m1/s1. The van der Waals surface area contributed by atoms with Gasteiger partial charge in [-0.3, -0.25) is 9.59 Å². The minimum atomic E-state index is -0.758. The van der Waals surface area contributed by atoms with Crippen molar-refractivity contribution in [2.75, 3.05) is 26.2 Å². The van der Waals surface area contributed by atoms with Crippen LogP contribution in [0.5, 0.6) is 0 Å². The number of hydrogen-bond acceptors (Lipinski definition) is 4. The molecule has 4 atom stereocenters. The quantitative estimate of drug-likeness (QED) is 0.630. The molecule has 0 bridgehead atoms. The van der Waals surface area contributed by atoms with Crippen LogP contribution in [0.4, 0.5) is 4.79 Å². The number of amides is 2. The Kier molecular flexibility index (Phi) is 6.26. The van der Waals surface area contributed by atoms with Gasteiger partial charge in [0.1, 0.15) is 6.61 Å². The molecule has 2 unspecified atom stereocenters. The van der Waals surface area contributed by atoms with Gasteiger partial charge in [-0.1, -0.05) is 62.4 Å². The molecule has 2 fully saturated rings. The number of nitrogens with one attached hydrogen (secondary N) is 1. The highest BCUT2D eigenvalue weighted by atomic mass is 16.5. The molecule has 35 heavy (non-hydrogen) atoms. The van der Waals surface area contributed by atoms with Gasteiger partial charge in [-0.05, 0) is 46.4 Å². The first-order valence-electron chi connectivity index (χ1n) is 12.5. The summed E-state index contributed by atoms with van der Waals surface area (Å²) in [6.07, 6.45) is 0.204. The average Bonchev–Trinajstić information content (AvgIpc) is 3.50. The molecule has 0 radical (unpaired) electrons. The highest BCUT2D eigenvalue weighted by molar-refractivity contribution is 5.81. The third-order valence-corrected chi connectivity index (χ3v) is 8.02. The molecule has 1 saturated carbocycles. The summed E-state index contributed by atoms with van der Waals surface area (Å²) in [5.74, 6) is -1.19. The molecule has 1 heterocycles. The number of aliphatic carboxylic acids is 1. The minimum absolute atomic E-state index is 0.0160. The number of likely N-dealkylation sites (tertiary alicyclic amines) is 1. The molecule has 2 amide bonds. The van der Waals surface area contributed by atoms with Crippen molar-refractivity contribution in [3.05, 3.63) is 59.7 Å². The van der Waals surface area contributed by atoms with Crippen LogP contribution in [0.2, 0.25) is 0 Å². The molecule has 2 aromatic carbocycles. The van der Waals surface area contributed by atoms with Crippen molar-refractivity contribution in [2.24, 2.45) is 29.6 Å². The maximum Gasteiger partial charge on any atom is 0.407 e. The Bertz CT molecular complexity index is 1100. The SMILES string of the molecule is CC(C)C(CNC(=O)OCC1c2ccccc2-c2ccccc21)C(=O)N1CC[C@H]2C(C(=O)O)[C@H]2C1. The van der Waals surface area contributed by atoms with Gasteiger partial charge in [0.15, 0.2) is 0 Å². The first-order valence-corrected chi connectivity index (χ1v) is 12.5. The van der Waals surface area contributed by atoms with Crippen molar-refractivity contribution in [3.63, 3.8) is 0 Å². The summed E-state index contributed by atoms with van der Waals surface area (Å²) in [5.41, 5.74) is 4.65. The summed E-state index contributed by atoms with van der Waals surface area (Å²) in [7, 11) is 0. The van der Waals surface area contributed by atoms with Gasteiger partial charge in [0, 0.05) is 25.6 Å². The fourth-order valence-corrected chi connectivity index (χ4v) is 5.99.